The molecule has 0 spiro atoms. The van der Waals surface area contributed by atoms with E-state index < -0.39 is 0 Å². The molecule has 1 aliphatic rings. The molecule has 0 aliphatic carbocycles. The largest absolute Gasteiger partial charge is 0.340 e. The minimum Gasteiger partial charge on any atom is -0.340 e. The summed E-state index contributed by atoms with van der Waals surface area (Å²) in [5.41, 5.74) is 0.467. The second kappa shape index (κ2) is 5.47. The van der Waals surface area contributed by atoms with E-state index >= 15 is 0 Å². The van der Waals surface area contributed by atoms with Gasteiger partial charge in [-0.25, -0.2) is 4.98 Å². The fourth-order valence-corrected chi connectivity index (χ4v) is 2.28. The van der Waals surface area contributed by atoms with Crippen LogP contribution in [0.4, 0.5) is 0 Å². The van der Waals surface area contributed by atoms with Crippen molar-refractivity contribution in [2.45, 2.75) is 18.9 Å². The zero-order valence-corrected chi connectivity index (χ0v) is 10.6. The van der Waals surface area contributed by atoms with Gasteiger partial charge in [0.25, 0.3) is 5.91 Å². The zero-order chi connectivity index (χ0) is 12.3. The highest BCUT2D eigenvalue weighted by Gasteiger charge is 2.21. The number of halogens is 1. The molecule has 1 N–H and O–H groups in total. The highest BCUT2D eigenvalue weighted by molar-refractivity contribution is 6.32. The molecule has 1 amide bonds. The molecule has 1 aliphatic heterocycles. The standard InChI is InChI=1S/C12H16ClN3O/c1-16(8-9-4-2-6-14-9)12(17)10-5-3-7-15-11(10)13/h3,5,7,9,14H,2,4,6,8H2,1H3. The molecule has 0 radical (unpaired) electrons. The first kappa shape index (κ1) is 12.3. The predicted octanol–water partition coefficient (Wildman–Crippen LogP) is 1.56. The van der Waals surface area contributed by atoms with Crippen LogP contribution in [0.25, 0.3) is 0 Å². The Labute approximate surface area is 106 Å². The van der Waals surface area contributed by atoms with Crippen molar-refractivity contribution in [3.05, 3.63) is 29.0 Å². The first-order valence-corrected chi connectivity index (χ1v) is 6.15. The van der Waals surface area contributed by atoms with Gasteiger partial charge < -0.3 is 10.2 Å². The highest BCUT2D eigenvalue weighted by Crippen LogP contribution is 2.14. The summed E-state index contributed by atoms with van der Waals surface area (Å²) in [6, 6.07) is 3.83. The van der Waals surface area contributed by atoms with E-state index in [0.29, 0.717) is 18.2 Å². The number of carbonyl (C=O) groups is 1. The van der Waals surface area contributed by atoms with Crippen LogP contribution >= 0.6 is 11.6 Å². The molecule has 1 aromatic heterocycles. The normalized spacial score (nSPS) is 19.3. The maximum absolute atomic E-state index is 12.1. The predicted molar refractivity (Wildman–Crippen MR) is 67.2 cm³/mol. The molecule has 17 heavy (non-hydrogen) atoms. The van der Waals surface area contributed by atoms with Gasteiger partial charge in [-0.15, -0.1) is 0 Å². The van der Waals surface area contributed by atoms with E-state index in [-0.39, 0.29) is 11.1 Å². The van der Waals surface area contributed by atoms with E-state index in [0.717, 1.165) is 13.0 Å². The molecule has 1 unspecified atom stereocenters. The Morgan fingerprint density at radius 1 is 1.71 bits per heavy atom. The van der Waals surface area contributed by atoms with E-state index in [4.69, 9.17) is 11.6 Å². The highest BCUT2D eigenvalue weighted by atomic mass is 35.5. The molecule has 0 bridgehead atoms. The van der Waals surface area contributed by atoms with Gasteiger partial charge in [0.2, 0.25) is 0 Å². The maximum atomic E-state index is 12.1. The van der Waals surface area contributed by atoms with E-state index in [9.17, 15) is 4.79 Å². The summed E-state index contributed by atoms with van der Waals surface area (Å²) in [7, 11) is 1.80. The van der Waals surface area contributed by atoms with Crippen molar-refractivity contribution in [2.75, 3.05) is 20.1 Å². The smallest absolute Gasteiger partial charge is 0.256 e. The lowest BCUT2D eigenvalue weighted by atomic mass is 10.2. The van der Waals surface area contributed by atoms with Gasteiger partial charge in [0.15, 0.2) is 0 Å². The fraction of sp³-hybridized carbons (Fsp3) is 0.500. The first-order chi connectivity index (χ1) is 8.18. The van der Waals surface area contributed by atoms with Crippen LogP contribution in [0.5, 0.6) is 0 Å². The number of aromatic nitrogens is 1. The van der Waals surface area contributed by atoms with Gasteiger partial charge in [0.1, 0.15) is 5.15 Å². The van der Waals surface area contributed by atoms with Crippen LogP contribution in [0.1, 0.15) is 23.2 Å². The molecule has 1 saturated heterocycles. The molecule has 92 valence electrons. The Balaban J connectivity index is 2.01. The molecule has 4 nitrogen and oxygen atoms in total. The number of rotatable bonds is 3. The van der Waals surface area contributed by atoms with E-state index in [2.05, 4.69) is 10.3 Å². The summed E-state index contributed by atoms with van der Waals surface area (Å²) in [5.74, 6) is -0.0724. The molecule has 1 fully saturated rings. The van der Waals surface area contributed by atoms with E-state index in [1.165, 1.54) is 6.42 Å². The average molecular weight is 254 g/mol. The van der Waals surface area contributed by atoms with Gasteiger partial charge >= 0.3 is 0 Å². The minimum absolute atomic E-state index is 0.0724. The van der Waals surface area contributed by atoms with Crippen LogP contribution in [-0.4, -0.2) is 42.0 Å². The SMILES string of the molecule is CN(CC1CCCN1)C(=O)c1cccnc1Cl. The quantitative estimate of drug-likeness (QED) is 0.832. The van der Waals surface area contributed by atoms with Crippen LogP contribution in [0, 0.1) is 0 Å². The summed E-state index contributed by atoms with van der Waals surface area (Å²) >= 11 is 5.91. The third-order valence-corrected chi connectivity index (χ3v) is 3.29. The monoisotopic (exact) mass is 253 g/mol. The molecule has 5 heteroatoms. The van der Waals surface area contributed by atoms with Gasteiger partial charge in [-0.1, -0.05) is 11.6 Å². The van der Waals surface area contributed by atoms with Gasteiger partial charge in [-0.3, -0.25) is 4.79 Å². The van der Waals surface area contributed by atoms with Crippen molar-refractivity contribution in [2.24, 2.45) is 0 Å². The van der Waals surface area contributed by atoms with Gasteiger partial charge in [0, 0.05) is 25.8 Å². The van der Waals surface area contributed by atoms with E-state index in [1.807, 2.05) is 0 Å². The van der Waals surface area contributed by atoms with Gasteiger partial charge in [-0.2, -0.15) is 0 Å². The van der Waals surface area contributed by atoms with Crippen LogP contribution in [0.15, 0.2) is 18.3 Å². The van der Waals surface area contributed by atoms with Crippen molar-refractivity contribution in [3.63, 3.8) is 0 Å². The Kier molecular flexibility index (Phi) is 3.97. The number of nitrogens with zero attached hydrogens (tertiary/aromatic N) is 2. The molecule has 1 aromatic rings. The number of hydrogen-bond donors (Lipinski definition) is 1. The summed E-state index contributed by atoms with van der Waals surface area (Å²) in [4.78, 5) is 17.7. The lowest BCUT2D eigenvalue weighted by Gasteiger charge is -2.21. The average Bonchev–Trinajstić information content (AvgIpc) is 2.81. The molecule has 2 rings (SSSR count). The third kappa shape index (κ3) is 2.96. The second-order valence-electron chi connectivity index (χ2n) is 4.32. The van der Waals surface area contributed by atoms with Crippen LogP contribution < -0.4 is 5.32 Å². The Bertz CT molecular complexity index is 404. The lowest BCUT2D eigenvalue weighted by molar-refractivity contribution is 0.0783. The van der Waals surface area contributed by atoms with Gasteiger partial charge in [-0.05, 0) is 31.5 Å². The fourth-order valence-electron chi connectivity index (χ4n) is 2.08. The van der Waals surface area contributed by atoms with Gasteiger partial charge in [0.05, 0.1) is 5.56 Å². The van der Waals surface area contributed by atoms with Crippen molar-refractivity contribution >= 4 is 17.5 Å². The van der Waals surface area contributed by atoms with Crippen molar-refractivity contribution in [1.29, 1.82) is 0 Å². The summed E-state index contributed by atoms with van der Waals surface area (Å²) < 4.78 is 0. The number of amides is 1. The molecule has 2 heterocycles. The van der Waals surface area contributed by atoms with Crippen molar-refractivity contribution < 1.29 is 4.79 Å². The second-order valence-corrected chi connectivity index (χ2v) is 4.68. The van der Waals surface area contributed by atoms with Crippen molar-refractivity contribution in [1.82, 2.24) is 15.2 Å². The van der Waals surface area contributed by atoms with Crippen LogP contribution in [0.2, 0.25) is 5.15 Å². The number of hydrogen-bond acceptors (Lipinski definition) is 3. The number of nitrogens with one attached hydrogen (secondary N) is 1. The number of likely N-dealkylation sites (N-methyl/N-ethyl adjacent to an activating group) is 1. The number of carbonyl (C=O) groups excluding carboxylic acids is 1. The molecule has 0 aromatic carbocycles. The van der Waals surface area contributed by atoms with E-state index in [1.54, 1.807) is 30.3 Å². The Hall–Kier alpha value is -1.13. The third-order valence-electron chi connectivity index (χ3n) is 2.99. The van der Waals surface area contributed by atoms with Crippen LogP contribution in [0.3, 0.4) is 0 Å². The van der Waals surface area contributed by atoms with Crippen LogP contribution in [-0.2, 0) is 0 Å². The zero-order valence-electron chi connectivity index (χ0n) is 9.82. The molecule has 0 saturated carbocycles. The minimum atomic E-state index is -0.0724. The summed E-state index contributed by atoms with van der Waals surface area (Å²) in [6.45, 7) is 1.75. The Morgan fingerprint density at radius 3 is 3.18 bits per heavy atom. The molecular formula is C12H16ClN3O. The lowest BCUT2D eigenvalue weighted by Crippen LogP contribution is -2.38. The first-order valence-electron chi connectivity index (χ1n) is 5.78. The Morgan fingerprint density at radius 2 is 2.53 bits per heavy atom. The summed E-state index contributed by atoms with van der Waals surface area (Å²) in [5, 5.41) is 3.63. The number of pyridine rings is 1. The topological polar surface area (TPSA) is 45.2 Å². The molecular weight excluding hydrogens is 238 g/mol. The molecule has 1 atom stereocenters. The van der Waals surface area contributed by atoms with Crippen molar-refractivity contribution in [3.8, 4) is 0 Å². The summed E-state index contributed by atoms with van der Waals surface area (Å²) in [6.07, 6.45) is 3.89. The maximum Gasteiger partial charge on any atom is 0.256 e.